The van der Waals surface area contributed by atoms with Gasteiger partial charge in [0.2, 0.25) is 5.91 Å². The Kier molecular flexibility index (Phi) is 10.2. The molecule has 0 aliphatic carbocycles. The summed E-state index contributed by atoms with van der Waals surface area (Å²) in [6, 6.07) is 39.8. The highest BCUT2D eigenvalue weighted by atomic mass is 16.5. The highest BCUT2D eigenvalue weighted by Crippen LogP contribution is 2.27. The Hall–Kier alpha value is -4.44. The summed E-state index contributed by atoms with van der Waals surface area (Å²) in [5.74, 6) is -0.918. The van der Waals surface area contributed by atoms with E-state index in [4.69, 9.17) is 4.74 Å². The van der Waals surface area contributed by atoms with Gasteiger partial charge in [0, 0.05) is 13.1 Å². The van der Waals surface area contributed by atoms with Gasteiger partial charge in [-0.15, -0.1) is 0 Å². The summed E-state index contributed by atoms with van der Waals surface area (Å²) in [7, 11) is 1.42. The molecule has 0 aliphatic rings. The topological polar surface area (TPSA) is 46.6 Å². The number of hydrogen-bond donors (Lipinski definition) is 0. The number of hydrogen-bond acceptors (Lipinski definition) is 3. The molecule has 4 aromatic carbocycles. The third-order valence-electron chi connectivity index (χ3n) is 6.84. The zero-order chi connectivity index (χ0) is 27.3. The minimum absolute atomic E-state index is 0.0751. The fourth-order valence-corrected chi connectivity index (χ4v) is 4.77. The summed E-state index contributed by atoms with van der Waals surface area (Å²) in [6.07, 6.45) is 5.06. The van der Waals surface area contributed by atoms with Crippen molar-refractivity contribution in [1.29, 1.82) is 0 Å². The number of amides is 1. The van der Waals surface area contributed by atoms with Gasteiger partial charge in [0.25, 0.3) is 0 Å². The lowest BCUT2D eigenvalue weighted by atomic mass is 9.92. The van der Waals surface area contributed by atoms with Crippen LogP contribution in [0.5, 0.6) is 0 Å². The van der Waals surface area contributed by atoms with Gasteiger partial charge in [0.05, 0.1) is 18.9 Å². The van der Waals surface area contributed by atoms with E-state index < -0.39 is 0 Å². The quantitative estimate of drug-likeness (QED) is 0.146. The van der Waals surface area contributed by atoms with Crippen molar-refractivity contribution in [2.75, 3.05) is 7.11 Å². The summed E-state index contributed by atoms with van der Waals surface area (Å²) in [6.45, 7) is 1.06. The second-order valence-electron chi connectivity index (χ2n) is 9.56. The lowest BCUT2D eigenvalue weighted by Crippen LogP contribution is -2.34. The fraction of sp³-hybridized carbons (Fsp3) is 0.200. The molecule has 0 aromatic heterocycles. The van der Waals surface area contributed by atoms with Crippen molar-refractivity contribution in [2.45, 2.75) is 37.8 Å². The normalized spacial score (nSPS) is 12.5. The number of ether oxygens (including phenoxy) is 1. The Morgan fingerprint density at radius 2 is 1.00 bits per heavy atom. The first-order valence-corrected chi connectivity index (χ1v) is 13.3. The van der Waals surface area contributed by atoms with Crippen LogP contribution in [0.3, 0.4) is 0 Å². The first-order chi connectivity index (χ1) is 19.2. The number of benzene rings is 4. The Labute approximate surface area is 231 Å². The Morgan fingerprint density at radius 3 is 1.44 bits per heavy atom. The molecule has 0 heterocycles. The molecule has 4 aromatic rings. The SMILES string of the molecule is COC(=O)C(CC=CCC(C(=O)N(Cc1ccccc1)Cc1ccccc1)c1ccccc1)c1ccccc1. The highest BCUT2D eigenvalue weighted by Gasteiger charge is 2.26. The molecule has 0 spiro atoms. The van der Waals surface area contributed by atoms with Gasteiger partial charge in [-0.05, 0) is 35.1 Å². The third-order valence-corrected chi connectivity index (χ3v) is 6.84. The van der Waals surface area contributed by atoms with Gasteiger partial charge in [0.1, 0.15) is 0 Å². The van der Waals surface area contributed by atoms with Gasteiger partial charge in [-0.3, -0.25) is 9.59 Å². The molecule has 4 rings (SSSR count). The van der Waals surface area contributed by atoms with Gasteiger partial charge < -0.3 is 9.64 Å². The average Bonchev–Trinajstić information content (AvgIpc) is 3.00. The van der Waals surface area contributed by atoms with Gasteiger partial charge >= 0.3 is 5.97 Å². The molecule has 0 radical (unpaired) electrons. The molecular weight excluding hydrogens is 482 g/mol. The number of carbonyl (C=O) groups excluding carboxylic acids is 2. The second-order valence-corrected chi connectivity index (χ2v) is 9.56. The third kappa shape index (κ3) is 8.02. The zero-order valence-corrected chi connectivity index (χ0v) is 22.4. The molecule has 0 aliphatic heterocycles. The van der Waals surface area contributed by atoms with Crippen LogP contribution in [-0.4, -0.2) is 23.9 Å². The molecular formula is C35H35NO3. The molecule has 1 amide bonds. The number of esters is 1. The molecule has 0 bridgehead atoms. The van der Waals surface area contributed by atoms with E-state index in [1.165, 1.54) is 7.11 Å². The van der Waals surface area contributed by atoms with E-state index in [1.54, 1.807) is 0 Å². The predicted molar refractivity (Wildman–Crippen MR) is 156 cm³/mol. The van der Waals surface area contributed by atoms with E-state index in [-0.39, 0.29) is 23.7 Å². The van der Waals surface area contributed by atoms with Crippen LogP contribution in [0.25, 0.3) is 0 Å². The molecule has 2 atom stereocenters. The summed E-state index contributed by atoms with van der Waals surface area (Å²) in [4.78, 5) is 28.6. The van der Waals surface area contributed by atoms with Crippen LogP contribution in [0, 0.1) is 0 Å². The van der Waals surface area contributed by atoms with Crippen molar-refractivity contribution in [1.82, 2.24) is 4.90 Å². The van der Waals surface area contributed by atoms with Gasteiger partial charge in [-0.1, -0.05) is 133 Å². The Balaban J connectivity index is 1.56. The summed E-state index contributed by atoms with van der Waals surface area (Å²) in [5, 5.41) is 0. The number of carbonyl (C=O) groups is 2. The van der Waals surface area contributed by atoms with E-state index in [0.29, 0.717) is 25.9 Å². The van der Waals surface area contributed by atoms with Crippen LogP contribution >= 0.6 is 0 Å². The highest BCUT2D eigenvalue weighted by molar-refractivity contribution is 5.84. The van der Waals surface area contributed by atoms with Crippen molar-refractivity contribution in [3.8, 4) is 0 Å². The standard InChI is InChI=1S/C35H35NO3/c1-39-35(38)33(31-22-12-5-13-23-31)25-15-14-24-32(30-20-10-4-11-21-30)34(37)36(26-28-16-6-2-7-17-28)27-29-18-8-3-9-19-29/h2-23,32-33H,24-27H2,1H3. The maximum absolute atomic E-state index is 14.2. The van der Waals surface area contributed by atoms with Crippen LogP contribution < -0.4 is 0 Å². The molecule has 0 saturated carbocycles. The number of rotatable bonds is 12. The van der Waals surface area contributed by atoms with Crippen LogP contribution in [0.2, 0.25) is 0 Å². The summed E-state index contributed by atoms with van der Waals surface area (Å²) < 4.78 is 5.06. The van der Waals surface area contributed by atoms with Gasteiger partial charge in [-0.2, -0.15) is 0 Å². The monoisotopic (exact) mass is 517 g/mol. The van der Waals surface area contributed by atoms with Crippen molar-refractivity contribution in [3.63, 3.8) is 0 Å². The van der Waals surface area contributed by atoms with E-state index in [0.717, 1.165) is 22.3 Å². The minimum atomic E-state index is -0.383. The Morgan fingerprint density at radius 1 is 0.615 bits per heavy atom. The zero-order valence-electron chi connectivity index (χ0n) is 22.4. The van der Waals surface area contributed by atoms with Crippen molar-refractivity contribution in [3.05, 3.63) is 156 Å². The predicted octanol–water partition coefficient (Wildman–Crippen LogP) is 7.29. The van der Waals surface area contributed by atoms with Crippen LogP contribution in [0.4, 0.5) is 0 Å². The van der Waals surface area contributed by atoms with Crippen molar-refractivity contribution < 1.29 is 14.3 Å². The molecule has 0 saturated heterocycles. The van der Waals surface area contributed by atoms with E-state index in [2.05, 4.69) is 24.3 Å². The first-order valence-electron chi connectivity index (χ1n) is 13.3. The van der Waals surface area contributed by atoms with Crippen molar-refractivity contribution in [2.24, 2.45) is 0 Å². The van der Waals surface area contributed by atoms with E-state index in [1.807, 2.05) is 114 Å². The maximum atomic E-state index is 14.2. The number of nitrogens with zero attached hydrogens (tertiary/aromatic N) is 1. The lowest BCUT2D eigenvalue weighted by molar-refractivity contribution is -0.142. The fourth-order valence-electron chi connectivity index (χ4n) is 4.77. The number of allylic oxidation sites excluding steroid dienone is 2. The molecule has 4 heteroatoms. The molecule has 0 N–H and O–H groups in total. The average molecular weight is 518 g/mol. The van der Waals surface area contributed by atoms with Crippen LogP contribution in [-0.2, 0) is 27.4 Å². The van der Waals surface area contributed by atoms with Crippen LogP contribution in [0.1, 0.15) is 46.9 Å². The first kappa shape index (κ1) is 27.6. The summed E-state index contributed by atoms with van der Waals surface area (Å²) in [5.41, 5.74) is 4.08. The lowest BCUT2D eigenvalue weighted by Gasteiger charge is -2.28. The molecule has 198 valence electrons. The minimum Gasteiger partial charge on any atom is -0.469 e. The smallest absolute Gasteiger partial charge is 0.313 e. The Bertz CT molecular complexity index is 1280. The van der Waals surface area contributed by atoms with E-state index >= 15 is 0 Å². The van der Waals surface area contributed by atoms with E-state index in [9.17, 15) is 9.59 Å². The van der Waals surface area contributed by atoms with Gasteiger partial charge in [0.15, 0.2) is 0 Å². The molecule has 4 nitrogen and oxygen atoms in total. The number of methoxy groups -OCH3 is 1. The summed E-state index contributed by atoms with van der Waals surface area (Å²) >= 11 is 0. The van der Waals surface area contributed by atoms with Crippen molar-refractivity contribution >= 4 is 11.9 Å². The molecule has 2 unspecified atom stereocenters. The second kappa shape index (κ2) is 14.5. The van der Waals surface area contributed by atoms with Crippen LogP contribution in [0.15, 0.2) is 133 Å². The molecule has 0 fully saturated rings. The van der Waals surface area contributed by atoms with Gasteiger partial charge in [-0.25, -0.2) is 0 Å². The largest absolute Gasteiger partial charge is 0.469 e. The molecule has 39 heavy (non-hydrogen) atoms. The maximum Gasteiger partial charge on any atom is 0.313 e.